The third-order valence-electron chi connectivity index (χ3n) is 1.89. The van der Waals surface area contributed by atoms with Gasteiger partial charge in [0.05, 0.1) is 6.54 Å². The third-order valence-corrected chi connectivity index (χ3v) is 1.89. The predicted molar refractivity (Wildman–Crippen MR) is 66.1 cm³/mol. The highest BCUT2D eigenvalue weighted by atomic mass is 16.1. The second kappa shape index (κ2) is 6.44. The van der Waals surface area contributed by atoms with Crippen LogP contribution in [0.15, 0.2) is 36.9 Å². The highest BCUT2D eigenvalue weighted by Gasteiger charge is 2.00. The summed E-state index contributed by atoms with van der Waals surface area (Å²) in [5.74, 6) is 2.41. The normalized spacial score (nSPS) is 9.19. The van der Waals surface area contributed by atoms with Crippen molar-refractivity contribution in [2.45, 2.75) is 0 Å². The number of hydrogen-bond donors (Lipinski definition) is 2. The van der Waals surface area contributed by atoms with Gasteiger partial charge >= 0.3 is 0 Å². The number of carbonyl (C=O) groups is 1. The fourth-order valence-electron chi connectivity index (χ4n) is 1.18. The Balaban J connectivity index is 2.49. The van der Waals surface area contributed by atoms with Crippen LogP contribution in [0.4, 0.5) is 5.69 Å². The molecule has 1 aromatic carbocycles. The van der Waals surface area contributed by atoms with Gasteiger partial charge in [-0.3, -0.25) is 4.79 Å². The molecule has 1 aromatic rings. The number of terminal acetylenes is 1. The molecule has 3 heteroatoms. The average Bonchev–Trinajstić information content (AvgIpc) is 2.29. The van der Waals surface area contributed by atoms with Gasteiger partial charge < -0.3 is 10.6 Å². The zero-order valence-electron chi connectivity index (χ0n) is 8.99. The zero-order chi connectivity index (χ0) is 11.8. The van der Waals surface area contributed by atoms with Crippen molar-refractivity contribution in [3.05, 3.63) is 42.5 Å². The van der Waals surface area contributed by atoms with Gasteiger partial charge in [-0.15, -0.1) is 13.0 Å². The highest BCUT2D eigenvalue weighted by Crippen LogP contribution is 2.09. The molecule has 3 nitrogen and oxygen atoms in total. The fraction of sp³-hybridized carbons (Fsp3) is 0.154. The second-order valence-electron chi connectivity index (χ2n) is 3.19. The molecule has 0 atom stereocenters. The van der Waals surface area contributed by atoms with Gasteiger partial charge in [-0.2, -0.15) is 0 Å². The Bertz CT molecular complexity index is 418. The number of amides is 1. The number of nitrogens with one attached hydrogen (secondary N) is 2. The molecule has 0 saturated carbocycles. The van der Waals surface area contributed by atoms with Crippen molar-refractivity contribution < 1.29 is 4.79 Å². The van der Waals surface area contributed by atoms with E-state index in [1.165, 1.54) is 0 Å². The van der Waals surface area contributed by atoms with E-state index in [1.54, 1.807) is 18.2 Å². The van der Waals surface area contributed by atoms with Crippen LogP contribution < -0.4 is 10.6 Å². The van der Waals surface area contributed by atoms with E-state index in [-0.39, 0.29) is 12.5 Å². The van der Waals surface area contributed by atoms with Gasteiger partial charge in [0.15, 0.2) is 0 Å². The summed E-state index contributed by atoms with van der Waals surface area (Å²) in [5, 5.41) is 5.66. The molecular weight excluding hydrogens is 200 g/mol. The van der Waals surface area contributed by atoms with Crippen molar-refractivity contribution in [2.75, 3.05) is 18.4 Å². The molecule has 0 heterocycles. The van der Waals surface area contributed by atoms with Crippen molar-refractivity contribution in [3.63, 3.8) is 0 Å². The molecule has 0 aromatic heterocycles. The first kappa shape index (κ1) is 12.0. The monoisotopic (exact) mass is 214 g/mol. The van der Waals surface area contributed by atoms with Gasteiger partial charge in [0.25, 0.3) is 0 Å². The minimum Gasteiger partial charge on any atom is -0.325 e. The molecule has 1 rings (SSSR count). The molecule has 16 heavy (non-hydrogen) atoms. The van der Waals surface area contributed by atoms with Crippen molar-refractivity contribution in [2.24, 2.45) is 0 Å². The number of anilines is 1. The van der Waals surface area contributed by atoms with Crippen LogP contribution in [0.1, 0.15) is 5.56 Å². The molecule has 82 valence electrons. The fourth-order valence-corrected chi connectivity index (χ4v) is 1.18. The van der Waals surface area contributed by atoms with E-state index >= 15 is 0 Å². The molecule has 0 saturated heterocycles. The SMILES string of the molecule is C#Cc1cccc(NC(=O)CNCC=C)c1. The van der Waals surface area contributed by atoms with Gasteiger partial charge in [-0.25, -0.2) is 0 Å². The number of carbonyl (C=O) groups excluding carboxylic acids is 1. The number of hydrogen-bond acceptors (Lipinski definition) is 2. The second-order valence-corrected chi connectivity index (χ2v) is 3.19. The van der Waals surface area contributed by atoms with Gasteiger partial charge in [-0.1, -0.05) is 18.1 Å². The summed E-state index contributed by atoms with van der Waals surface area (Å²) in [6, 6.07) is 7.17. The lowest BCUT2D eigenvalue weighted by atomic mass is 10.2. The maximum Gasteiger partial charge on any atom is 0.238 e. The summed E-state index contributed by atoms with van der Waals surface area (Å²) in [6.45, 7) is 4.41. The lowest BCUT2D eigenvalue weighted by Gasteiger charge is -2.05. The van der Waals surface area contributed by atoms with E-state index in [0.717, 1.165) is 5.56 Å². The molecule has 0 aliphatic heterocycles. The molecule has 0 fully saturated rings. The lowest BCUT2D eigenvalue weighted by molar-refractivity contribution is -0.115. The van der Waals surface area contributed by atoms with Crippen LogP contribution in [0.5, 0.6) is 0 Å². The summed E-state index contributed by atoms with van der Waals surface area (Å²) < 4.78 is 0. The Labute approximate surface area is 95.6 Å². The van der Waals surface area contributed by atoms with Crippen molar-refractivity contribution in [1.29, 1.82) is 0 Å². The first-order valence-corrected chi connectivity index (χ1v) is 4.94. The van der Waals surface area contributed by atoms with Crippen LogP contribution in [-0.4, -0.2) is 19.0 Å². The van der Waals surface area contributed by atoms with Gasteiger partial charge in [-0.05, 0) is 18.2 Å². The van der Waals surface area contributed by atoms with Gasteiger partial charge in [0, 0.05) is 17.8 Å². The van der Waals surface area contributed by atoms with E-state index in [0.29, 0.717) is 12.2 Å². The molecule has 0 spiro atoms. The minimum atomic E-state index is -0.101. The molecule has 0 unspecified atom stereocenters. The molecule has 0 radical (unpaired) electrons. The summed E-state index contributed by atoms with van der Waals surface area (Å²) in [7, 11) is 0. The van der Waals surface area contributed by atoms with Crippen LogP contribution in [0, 0.1) is 12.3 Å². The Hall–Kier alpha value is -2.05. The molecule has 0 aliphatic rings. The van der Waals surface area contributed by atoms with Crippen molar-refractivity contribution in [3.8, 4) is 12.3 Å². The first-order valence-electron chi connectivity index (χ1n) is 4.94. The molecule has 2 N–H and O–H groups in total. The van der Waals surface area contributed by atoms with Crippen LogP contribution in [0.25, 0.3) is 0 Å². The van der Waals surface area contributed by atoms with Crippen LogP contribution in [-0.2, 0) is 4.79 Å². The minimum absolute atomic E-state index is 0.101. The van der Waals surface area contributed by atoms with Crippen molar-refractivity contribution >= 4 is 11.6 Å². The van der Waals surface area contributed by atoms with Crippen molar-refractivity contribution in [1.82, 2.24) is 5.32 Å². The molecule has 0 bridgehead atoms. The summed E-state index contributed by atoms with van der Waals surface area (Å²) in [4.78, 5) is 11.4. The maximum atomic E-state index is 11.4. The Morgan fingerprint density at radius 3 is 3.06 bits per heavy atom. The third kappa shape index (κ3) is 3.99. The van der Waals surface area contributed by atoms with E-state index in [1.807, 2.05) is 12.1 Å². The summed E-state index contributed by atoms with van der Waals surface area (Å²) in [5.41, 5.74) is 1.46. The van der Waals surface area contributed by atoms with E-state index in [9.17, 15) is 4.79 Å². The van der Waals surface area contributed by atoms with E-state index < -0.39 is 0 Å². The standard InChI is InChI=1S/C13H14N2O/c1-3-8-14-10-13(16)15-12-7-5-6-11(4-2)9-12/h2-3,5-7,9,14H,1,8,10H2,(H,15,16). The van der Waals surface area contributed by atoms with E-state index in [4.69, 9.17) is 6.42 Å². The summed E-state index contributed by atoms with van der Waals surface area (Å²) >= 11 is 0. The largest absolute Gasteiger partial charge is 0.325 e. The maximum absolute atomic E-state index is 11.4. The van der Waals surface area contributed by atoms with E-state index in [2.05, 4.69) is 23.1 Å². The van der Waals surface area contributed by atoms with Gasteiger partial charge in [0.1, 0.15) is 0 Å². The average molecular weight is 214 g/mol. The first-order chi connectivity index (χ1) is 7.76. The summed E-state index contributed by atoms with van der Waals surface area (Å²) in [6.07, 6.45) is 6.96. The highest BCUT2D eigenvalue weighted by molar-refractivity contribution is 5.92. The van der Waals surface area contributed by atoms with Gasteiger partial charge in [0.2, 0.25) is 5.91 Å². The number of benzene rings is 1. The molecular formula is C13H14N2O. The van der Waals surface area contributed by atoms with Crippen LogP contribution in [0.2, 0.25) is 0 Å². The smallest absolute Gasteiger partial charge is 0.238 e. The van der Waals surface area contributed by atoms with Crippen LogP contribution >= 0.6 is 0 Å². The zero-order valence-corrected chi connectivity index (χ0v) is 8.99. The molecule has 0 aliphatic carbocycles. The lowest BCUT2D eigenvalue weighted by Crippen LogP contribution is -2.28. The Morgan fingerprint density at radius 2 is 2.38 bits per heavy atom. The Kier molecular flexibility index (Phi) is 4.84. The van der Waals surface area contributed by atoms with Crippen LogP contribution in [0.3, 0.4) is 0 Å². The quantitative estimate of drug-likeness (QED) is 0.442. The molecule has 1 amide bonds. The predicted octanol–water partition coefficient (Wildman–Crippen LogP) is 1.38. The number of rotatable bonds is 5. The topological polar surface area (TPSA) is 41.1 Å². The Morgan fingerprint density at radius 1 is 1.56 bits per heavy atom.